The molecule has 22 heteroatoms. The van der Waals surface area contributed by atoms with E-state index in [2.05, 4.69) is 39.9 Å². The van der Waals surface area contributed by atoms with Gasteiger partial charge in [-0.2, -0.15) is 4.31 Å². The van der Waals surface area contributed by atoms with Crippen LogP contribution in [0.25, 0.3) is 11.2 Å². The van der Waals surface area contributed by atoms with Crippen LogP contribution >= 0.6 is 22.4 Å². The molecule has 0 radical (unpaired) electrons. The van der Waals surface area contributed by atoms with Crippen molar-refractivity contribution >= 4 is 57.1 Å². The van der Waals surface area contributed by atoms with Crippen LogP contribution in [-0.4, -0.2) is 75.1 Å². The lowest BCUT2D eigenvalue weighted by molar-refractivity contribution is -0.0558. The molecule has 2 aromatic heterocycles. The lowest BCUT2D eigenvalue weighted by Gasteiger charge is -2.22. The van der Waals surface area contributed by atoms with Gasteiger partial charge in [-0.15, -0.1) is 0 Å². The number of aliphatic hydroxyl groups excluding tert-OH is 1. The number of esters is 1. The Balaban J connectivity index is 1.60. The van der Waals surface area contributed by atoms with Gasteiger partial charge in [-0.1, -0.05) is 18.2 Å². The highest BCUT2D eigenvalue weighted by Crippen LogP contribution is 2.66. The number of carbonyl (C=O) groups excluding carboxylic acids is 1. The van der Waals surface area contributed by atoms with E-state index in [1.165, 1.54) is 10.9 Å². The largest absolute Gasteiger partial charge is 0.488 e. The Bertz CT molecular complexity index is 1600. The van der Waals surface area contributed by atoms with E-state index in [0.717, 1.165) is 6.33 Å². The van der Waals surface area contributed by atoms with Crippen molar-refractivity contribution in [1.29, 1.82) is 0 Å². The van der Waals surface area contributed by atoms with Gasteiger partial charge in [-0.25, -0.2) is 33.2 Å². The lowest BCUT2D eigenvalue weighted by atomic mass is 10.0. The summed E-state index contributed by atoms with van der Waals surface area (Å²) in [4.78, 5) is 62.7. The van der Waals surface area contributed by atoms with E-state index < -0.39 is 59.5 Å². The Labute approximate surface area is 236 Å². The molecule has 0 amide bonds. The van der Waals surface area contributed by atoms with Gasteiger partial charge in [0.25, 0.3) is 0 Å². The van der Waals surface area contributed by atoms with Gasteiger partial charge in [0.1, 0.15) is 24.1 Å². The second-order valence-electron chi connectivity index (χ2n) is 8.66. The predicted molar refractivity (Wildman–Crippen MR) is 141 cm³/mol. The highest BCUT2D eigenvalue weighted by molar-refractivity contribution is 8.08. The fourth-order valence-electron chi connectivity index (χ4n) is 4.05. The molecule has 1 aromatic carbocycles. The number of nitrogens with zero attached hydrogens (tertiary/aromatic N) is 4. The number of hydrogen-bond acceptors (Lipinski definition) is 14. The number of hydrogen-bond donors (Lipinski definition) is 6. The van der Waals surface area contributed by atoms with Gasteiger partial charge in [-0.05, 0) is 36.8 Å². The molecule has 1 aliphatic heterocycles. The molecular weight excluding hydrogens is 631 g/mol. The van der Waals surface area contributed by atoms with Crippen molar-refractivity contribution in [2.45, 2.75) is 38.4 Å². The molecule has 2 unspecified atom stereocenters. The predicted octanol–water partition coefficient (Wildman–Crippen LogP) is 0.969. The number of aryl methyl sites for hydroxylation is 2. The Kier molecular flexibility index (Phi) is 9.14. The molecule has 224 valence electrons. The molecule has 1 aliphatic rings. The molecule has 18 nitrogen and oxygen atoms in total. The fraction of sp³-hybridized carbons (Fsp3) is 0.368. The molecule has 0 spiro atoms. The summed E-state index contributed by atoms with van der Waals surface area (Å²) in [5.74, 6) is -0.779. The van der Waals surface area contributed by atoms with Crippen LogP contribution in [0, 0.1) is 13.8 Å². The van der Waals surface area contributed by atoms with Gasteiger partial charge in [0.05, 0.1) is 18.5 Å². The lowest BCUT2D eigenvalue weighted by Crippen LogP contribution is -2.37. The standard InChI is InChI=1S/C19H24N5O13P3S/c1-9-4-3-5-10(2)12(9)19(26)35-15-14(25)11(6-33-38(27,28)36-39(29,30)37-40(31,32)41)34-18(15)24-8-23-13-16(20)21-7-22-17(13)24/h3-5,7-8,11,14-15,18,25H,6H2,1-2H3,(H,27,28)(H,29,30)(H2,20,21,22)(H2,31,32,41)/t11-,14-,15-,18-/m1/s1. The van der Waals surface area contributed by atoms with Gasteiger partial charge in [0.2, 0.25) is 0 Å². The number of phosphoric acid groups is 2. The van der Waals surface area contributed by atoms with Gasteiger partial charge in [0, 0.05) is 0 Å². The van der Waals surface area contributed by atoms with Crippen LogP contribution in [0.2, 0.25) is 0 Å². The number of ether oxygens (including phenoxy) is 2. The fourth-order valence-corrected chi connectivity index (χ4v) is 7.84. The molecule has 4 rings (SSSR count). The smallest absolute Gasteiger partial charge is 0.451 e. The van der Waals surface area contributed by atoms with E-state index in [1.807, 2.05) is 0 Å². The summed E-state index contributed by atoms with van der Waals surface area (Å²) >= 11 is 4.04. The Morgan fingerprint density at radius 1 is 1.10 bits per heavy atom. The zero-order chi connectivity index (χ0) is 30.3. The molecule has 0 saturated carbocycles. The maximum absolute atomic E-state index is 13.2. The SMILES string of the molecule is Cc1cccc(C)c1C(=O)O[C@@H]1[C@H](O)[C@@H](COP(=O)(O)OP(=O)(O)OP(O)(O)=S)O[C@H]1n1cnc2c(N)ncnc21. The summed E-state index contributed by atoms with van der Waals surface area (Å²) in [6, 6.07) is 5.13. The van der Waals surface area contributed by atoms with E-state index in [0.29, 0.717) is 11.1 Å². The summed E-state index contributed by atoms with van der Waals surface area (Å²) in [6.45, 7) is -2.35. The van der Waals surface area contributed by atoms with Crippen molar-refractivity contribution in [1.82, 2.24) is 19.5 Å². The molecule has 0 bridgehead atoms. The summed E-state index contributed by atoms with van der Waals surface area (Å²) in [6.07, 6.45) is -3.62. The van der Waals surface area contributed by atoms with Crippen LogP contribution in [0.15, 0.2) is 30.9 Å². The van der Waals surface area contributed by atoms with Crippen LogP contribution in [0.4, 0.5) is 5.82 Å². The van der Waals surface area contributed by atoms with Crippen LogP contribution in [0.5, 0.6) is 0 Å². The normalized spacial score (nSPS) is 24.2. The third-order valence-electron chi connectivity index (χ3n) is 5.72. The highest BCUT2D eigenvalue weighted by atomic mass is 32.5. The van der Waals surface area contributed by atoms with E-state index in [9.17, 15) is 28.8 Å². The first-order valence-electron chi connectivity index (χ1n) is 11.3. The van der Waals surface area contributed by atoms with Gasteiger partial charge in [-0.3, -0.25) is 9.09 Å². The van der Waals surface area contributed by atoms with Gasteiger partial charge < -0.3 is 39.9 Å². The van der Waals surface area contributed by atoms with Crippen molar-refractivity contribution in [2.75, 3.05) is 12.3 Å². The van der Waals surface area contributed by atoms with E-state index in [1.54, 1.807) is 32.0 Å². The van der Waals surface area contributed by atoms with Crippen molar-refractivity contribution in [2.24, 2.45) is 0 Å². The first-order valence-corrected chi connectivity index (χ1v) is 16.9. The molecular formula is C19H24N5O13P3S. The summed E-state index contributed by atoms with van der Waals surface area (Å²) < 4.78 is 49.3. The maximum Gasteiger partial charge on any atom is 0.488 e. The molecule has 3 aromatic rings. The first kappa shape index (κ1) is 31.7. The van der Waals surface area contributed by atoms with Gasteiger partial charge in [0.15, 0.2) is 23.8 Å². The molecule has 1 saturated heterocycles. The van der Waals surface area contributed by atoms with E-state index >= 15 is 0 Å². The van der Waals surface area contributed by atoms with Crippen molar-refractivity contribution in [3.63, 3.8) is 0 Å². The molecule has 7 N–H and O–H groups in total. The zero-order valence-corrected chi connectivity index (χ0v) is 24.5. The Hall–Kier alpha value is -2.21. The van der Waals surface area contributed by atoms with Crippen molar-refractivity contribution in [3.8, 4) is 0 Å². The summed E-state index contributed by atoms with van der Waals surface area (Å²) in [7, 11) is -11.0. The van der Waals surface area contributed by atoms with Crippen LogP contribution in [-0.2, 0) is 43.6 Å². The summed E-state index contributed by atoms with van der Waals surface area (Å²) in [5.41, 5.74) is 7.59. The maximum atomic E-state index is 13.2. The molecule has 6 atom stereocenters. The molecule has 41 heavy (non-hydrogen) atoms. The molecule has 1 fully saturated rings. The average Bonchev–Trinajstić information content (AvgIpc) is 3.37. The first-order chi connectivity index (χ1) is 19.0. The van der Waals surface area contributed by atoms with E-state index in [4.69, 9.17) is 25.0 Å². The van der Waals surface area contributed by atoms with Gasteiger partial charge >= 0.3 is 28.3 Å². The Morgan fingerprint density at radius 2 is 1.76 bits per heavy atom. The monoisotopic (exact) mass is 655 g/mol. The second-order valence-corrected chi connectivity index (χ2v) is 14.5. The minimum Gasteiger partial charge on any atom is -0.451 e. The third kappa shape index (κ3) is 7.42. The number of benzene rings is 1. The number of rotatable bonds is 10. The van der Waals surface area contributed by atoms with E-state index in [-0.39, 0.29) is 22.5 Å². The number of phosphoric ester groups is 1. The van der Waals surface area contributed by atoms with Crippen LogP contribution in [0.1, 0.15) is 27.7 Å². The topological polar surface area (TPSA) is 268 Å². The second kappa shape index (κ2) is 11.8. The number of aromatic nitrogens is 4. The number of anilines is 1. The van der Waals surface area contributed by atoms with Crippen LogP contribution in [0.3, 0.4) is 0 Å². The zero-order valence-electron chi connectivity index (χ0n) is 21.0. The molecule has 0 aliphatic carbocycles. The minimum absolute atomic E-state index is 0.0292. The summed E-state index contributed by atoms with van der Waals surface area (Å²) in [5, 5.41) is 11.1. The number of nitrogen functional groups attached to an aromatic ring is 1. The minimum atomic E-state index is -5.57. The number of nitrogens with two attached hydrogens (primary N) is 1. The van der Waals surface area contributed by atoms with Crippen molar-refractivity contribution in [3.05, 3.63) is 47.5 Å². The average molecular weight is 655 g/mol. The number of imidazole rings is 1. The number of fused-ring (bicyclic) bond motifs is 1. The quantitative estimate of drug-likeness (QED) is 0.131. The number of carbonyl (C=O) groups is 1. The van der Waals surface area contributed by atoms with Crippen LogP contribution < -0.4 is 5.73 Å². The molecule has 3 heterocycles. The third-order valence-corrected chi connectivity index (χ3v) is 10.1. The Morgan fingerprint density at radius 3 is 2.39 bits per heavy atom. The number of aliphatic hydroxyl groups is 1. The van der Waals surface area contributed by atoms with Crippen molar-refractivity contribution < 1.29 is 61.2 Å². The highest BCUT2D eigenvalue weighted by Gasteiger charge is 2.49.